The molecule has 12 heteroatoms. The lowest BCUT2D eigenvalue weighted by Gasteiger charge is -2.37. The fourth-order valence-corrected chi connectivity index (χ4v) is 5.20. The van der Waals surface area contributed by atoms with Crippen LogP contribution in [0.5, 0.6) is 0 Å². The Balaban J connectivity index is 0.00000441. The zero-order valence-electron chi connectivity index (χ0n) is 23.7. The fourth-order valence-electron chi connectivity index (χ4n) is 5.20. The number of urea groups is 1. The number of nitrogens with zero attached hydrogens (tertiary/aromatic N) is 5. The first-order valence-corrected chi connectivity index (χ1v) is 13.8. The van der Waals surface area contributed by atoms with Crippen molar-refractivity contribution in [2.24, 2.45) is 11.5 Å². The van der Waals surface area contributed by atoms with Crippen molar-refractivity contribution in [2.75, 3.05) is 51.1 Å². The smallest absolute Gasteiger partial charge is 0.338 e. The van der Waals surface area contributed by atoms with Crippen LogP contribution in [0.25, 0.3) is 5.69 Å². The molecule has 1 aromatic heterocycles. The van der Waals surface area contributed by atoms with E-state index in [1.165, 1.54) is 10.1 Å². The number of likely N-dealkylation sites (tertiary alicyclic amines) is 1. The number of aromatic nitrogens is 2. The van der Waals surface area contributed by atoms with Crippen molar-refractivity contribution in [3.63, 3.8) is 0 Å². The second-order valence-corrected chi connectivity index (χ2v) is 11.4. The van der Waals surface area contributed by atoms with Gasteiger partial charge in [-0.3, -0.25) is 14.7 Å². The summed E-state index contributed by atoms with van der Waals surface area (Å²) in [4.78, 5) is 47.7. The molecule has 3 amide bonds. The van der Waals surface area contributed by atoms with Gasteiger partial charge in [0.1, 0.15) is 5.82 Å². The molecule has 0 bridgehead atoms. The van der Waals surface area contributed by atoms with Crippen LogP contribution < -0.4 is 22.5 Å². The highest BCUT2D eigenvalue weighted by molar-refractivity contribution is 5.89. The van der Waals surface area contributed by atoms with E-state index in [2.05, 4.69) is 34.3 Å². The van der Waals surface area contributed by atoms with Gasteiger partial charge in [0, 0.05) is 45.0 Å². The van der Waals surface area contributed by atoms with E-state index in [4.69, 9.17) is 11.5 Å². The number of hydrogen-bond acceptors (Lipinski definition) is 7. The highest BCUT2D eigenvalue weighted by Crippen LogP contribution is 2.20. The maximum absolute atomic E-state index is 12.8. The average Bonchev–Trinajstić information content (AvgIpc) is 3.11. The van der Waals surface area contributed by atoms with Gasteiger partial charge in [-0.2, -0.15) is 4.98 Å². The fraction of sp³-hybridized carbons (Fsp3) is 0.571. The molecule has 1 unspecified atom stereocenters. The third kappa shape index (κ3) is 8.03. The van der Waals surface area contributed by atoms with Gasteiger partial charge in [-0.15, -0.1) is 12.4 Å². The number of anilines is 1. The summed E-state index contributed by atoms with van der Waals surface area (Å²) in [6.45, 7) is 10.2. The molecule has 2 aromatic rings. The van der Waals surface area contributed by atoms with Gasteiger partial charge < -0.3 is 26.2 Å². The van der Waals surface area contributed by atoms with Crippen LogP contribution in [0.2, 0.25) is 0 Å². The van der Waals surface area contributed by atoms with Gasteiger partial charge in [0.25, 0.3) is 0 Å². The summed E-state index contributed by atoms with van der Waals surface area (Å²) in [6, 6.07) is 9.53. The summed E-state index contributed by atoms with van der Waals surface area (Å²) >= 11 is 0. The van der Waals surface area contributed by atoms with E-state index in [-0.39, 0.29) is 30.2 Å². The first-order valence-electron chi connectivity index (χ1n) is 13.8. The Morgan fingerprint density at radius 3 is 2.30 bits per heavy atom. The number of piperazine rings is 1. The van der Waals surface area contributed by atoms with E-state index in [0.717, 1.165) is 38.9 Å². The Morgan fingerprint density at radius 2 is 1.68 bits per heavy atom. The van der Waals surface area contributed by atoms with Crippen LogP contribution in [0.4, 0.5) is 10.6 Å². The van der Waals surface area contributed by atoms with Crippen molar-refractivity contribution in [1.29, 1.82) is 0 Å². The molecule has 0 saturated carbocycles. The quantitative estimate of drug-likeness (QED) is 0.479. The van der Waals surface area contributed by atoms with Crippen molar-refractivity contribution < 1.29 is 9.59 Å². The van der Waals surface area contributed by atoms with E-state index >= 15 is 0 Å². The van der Waals surface area contributed by atoms with Gasteiger partial charge >= 0.3 is 11.7 Å². The number of carbonyl (C=O) groups excluding carboxylic acids is 2. The van der Waals surface area contributed by atoms with E-state index in [1.54, 1.807) is 35.9 Å². The lowest BCUT2D eigenvalue weighted by Crippen LogP contribution is -2.58. The molecular formula is C28H43ClN8O3. The number of halogens is 1. The maximum Gasteiger partial charge on any atom is 0.354 e. The number of carbonyl (C=O) groups is 2. The van der Waals surface area contributed by atoms with Crippen molar-refractivity contribution in [2.45, 2.75) is 57.5 Å². The van der Waals surface area contributed by atoms with E-state index < -0.39 is 11.2 Å². The summed E-state index contributed by atoms with van der Waals surface area (Å²) in [7, 11) is 0. The predicted molar refractivity (Wildman–Crippen MR) is 159 cm³/mol. The van der Waals surface area contributed by atoms with Crippen molar-refractivity contribution in [3.05, 3.63) is 52.6 Å². The van der Waals surface area contributed by atoms with Gasteiger partial charge in [0.15, 0.2) is 0 Å². The summed E-state index contributed by atoms with van der Waals surface area (Å²) in [5.41, 5.74) is 12.5. The Kier molecular flexibility index (Phi) is 10.7. The van der Waals surface area contributed by atoms with E-state index in [0.29, 0.717) is 43.8 Å². The second-order valence-electron chi connectivity index (χ2n) is 11.4. The second kappa shape index (κ2) is 13.6. The zero-order chi connectivity index (χ0) is 28.2. The molecule has 11 nitrogen and oxygen atoms in total. The van der Waals surface area contributed by atoms with Gasteiger partial charge in [0.05, 0.1) is 11.2 Å². The number of hydrogen-bond donors (Lipinski definition) is 3. The van der Waals surface area contributed by atoms with Gasteiger partial charge in [-0.1, -0.05) is 19.1 Å². The molecule has 5 N–H and O–H groups in total. The maximum atomic E-state index is 12.8. The number of nitrogens with two attached hydrogens (primary N) is 2. The Labute approximate surface area is 242 Å². The minimum absolute atomic E-state index is 0. The highest BCUT2D eigenvalue weighted by atomic mass is 35.5. The molecule has 2 aliphatic heterocycles. The SMILES string of the molecule is CC(CN1CCC[C@H](N)CC1)c1ccc(-n2ccc(NC(=O)N3CCN(C(=O)C(C)(C)N)CC3)nc2=O)cc1.Cl. The first-order chi connectivity index (χ1) is 18.5. The zero-order valence-corrected chi connectivity index (χ0v) is 24.5. The topological polar surface area (TPSA) is 143 Å². The molecule has 2 saturated heterocycles. The normalized spacial score (nSPS) is 19.4. The molecule has 40 heavy (non-hydrogen) atoms. The predicted octanol–water partition coefficient (Wildman–Crippen LogP) is 1.98. The molecule has 4 rings (SSSR count). The molecular weight excluding hydrogens is 532 g/mol. The van der Waals surface area contributed by atoms with Crippen LogP contribution in [0.1, 0.15) is 51.5 Å². The van der Waals surface area contributed by atoms with Crippen molar-refractivity contribution >= 4 is 30.2 Å². The van der Waals surface area contributed by atoms with Gasteiger partial charge in [-0.05, 0) is 75.9 Å². The highest BCUT2D eigenvalue weighted by Gasteiger charge is 2.31. The molecule has 2 fully saturated rings. The monoisotopic (exact) mass is 574 g/mol. The average molecular weight is 575 g/mol. The molecule has 0 radical (unpaired) electrons. The third-order valence-electron chi connectivity index (χ3n) is 7.58. The van der Waals surface area contributed by atoms with Gasteiger partial charge in [0.2, 0.25) is 5.91 Å². The lowest BCUT2D eigenvalue weighted by atomic mass is 10.00. The molecule has 2 aliphatic rings. The van der Waals surface area contributed by atoms with Crippen molar-refractivity contribution in [1.82, 2.24) is 24.3 Å². The molecule has 220 valence electrons. The van der Waals surface area contributed by atoms with Crippen LogP contribution in [0, 0.1) is 0 Å². The molecule has 2 atom stereocenters. The Bertz CT molecular complexity index is 1210. The molecule has 0 spiro atoms. The van der Waals surface area contributed by atoms with Crippen LogP contribution >= 0.6 is 12.4 Å². The van der Waals surface area contributed by atoms with E-state index in [1.807, 2.05) is 12.1 Å². The third-order valence-corrected chi connectivity index (χ3v) is 7.58. The summed E-state index contributed by atoms with van der Waals surface area (Å²) in [5.74, 6) is 0.408. The van der Waals surface area contributed by atoms with Gasteiger partial charge in [-0.25, -0.2) is 9.59 Å². The van der Waals surface area contributed by atoms with Crippen LogP contribution in [0.3, 0.4) is 0 Å². The molecule has 0 aliphatic carbocycles. The largest absolute Gasteiger partial charge is 0.354 e. The van der Waals surface area contributed by atoms with Crippen LogP contribution in [-0.4, -0.2) is 93.6 Å². The van der Waals surface area contributed by atoms with E-state index in [9.17, 15) is 14.4 Å². The standard InChI is InChI=1S/C28H42N8O3.ClH/c1-20(19-33-12-4-5-22(29)10-13-33)21-6-8-23(9-7-21)36-14-11-24(32-27(36)39)31-26(38)35-17-15-34(16-18-35)25(37)28(2,3)30;/h6-9,11,14,20,22H,4-5,10,12-13,15-19,29-30H2,1-3H3,(H,31,32,38,39);1H/t20?,22-;/m0./s1. The number of amides is 3. The number of rotatable bonds is 6. The lowest BCUT2D eigenvalue weighted by molar-refractivity contribution is -0.137. The molecule has 3 heterocycles. The first kappa shape index (κ1) is 31.5. The van der Waals surface area contributed by atoms with Crippen LogP contribution in [-0.2, 0) is 4.79 Å². The Hall–Kier alpha value is -2.99. The summed E-state index contributed by atoms with van der Waals surface area (Å²) < 4.78 is 1.46. The number of nitrogens with one attached hydrogen (secondary N) is 1. The minimum Gasteiger partial charge on any atom is -0.338 e. The van der Waals surface area contributed by atoms with Crippen molar-refractivity contribution in [3.8, 4) is 5.69 Å². The number of benzene rings is 1. The van der Waals surface area contributed by atoms with Crippen LogP contribution in [0.15, 0.2) is 41.3 Å². The molecule has 1 aromatic carbocycles. The summed E-state index contributed by atoms with van der Waals surface area (Å²) in [6.07, 6.45) is 4.90. The summed E-state index contributed by atoms with van der Waals surface area (Å²) in [5, 5.41) is 2.70. The minimum atomic E-state index is -0.946. The Morgan fingerprint density at radius 1 is 1.02 bits per heavy atom.